The minimum atomic E-state index is 0.458. The molecule has 1 saturated carbocycles. The summed E-state index contributed by atoms with van der Waals surface area (Å²) in [6.45, 7) is 0.458. The zero-order valence-corrected chi connectivity index (χ0v) is 10.6. The summed E-state index contributed by atoms with van der Waals surface area (Å²) in [6, 6.07) is 0. The molecule has 0 atom stereocenters. The molecule has 2 rings (SSSR count). The van der Waals surface area contributed by atoms with Gasteiger partial charge in [0, 0.05) is 7.05 Å². The number of hydrogen-bond donors (Lipinski definition) is 1. The van der Waals surface area contributed by atoms with Crippen molar-refractivity contribution < 1.29 is 0 Å². The highest BCUT2D eigenvalue weighted by molar-refractivity contribution is 6.30. The Hall–Kier alpha value is -0.540. The van der Waals surface area contributed by atoms with E-state index in [9.17, 15) is 0 Å². The number of nitrogens with two attached hydrogens (primary N) is 1. The molecule has 0 aromatic carbocycles. The molecule has 0 amide bonds. The molecule has 0 aliphatic heterocycles. The average molecular weight is 242 g/mol. The van der Waals surface area contributed by atoms with Crippen LogP contribution < -0.4 is 5.73 Å². The first kappa shape index (κ1) is 11.9. The Morgan fingerprint density at radius 1 is 1.44 bits per heavy atom. The van der Waals surface area contributed by atoms with Gasteiger partial charge in [0.2, 0.25) is 0 Å². The van der Waals surface area contributed by atoms with E-state index in [2.05, 4.69) is 4.98 Å². The van der Waals surface area contributed by atoms with E-state index in [1.807, 2.05) is 11.6 Å². The number of hydrogen-bond acceptors (Lipinski definition) is 2. The van der Waals surface area contributed by atoms with Gasteiger partial charge in [-0.3, -0.25) is 0 Å². The van der Waals surface area contributed by atoms with Crippen LogP contribution in [-0.4, -0.2) is 9.55 Å². The molecule has 0 spiro atoms. The van der Waals surface area contributed by atoms with E-state index < -0.39 is 0 Å². The molecule has 0 saturated heterocycles. The number of rotatable bonds is 4. The quantitative estimate of drug-likeness (QED) is 0.881. The molecule has 1 aliphatic carbocycles. The van der Waals surface area contributed by atoms with Gasteiger partial charge >= 0.3 is 0 Å². The lowest BCUT2D eigenvalue weighted by Crippen LogP contribution is -2.04. The van der Waals surface area contributed by atoms with Crippen LogP contribution in [0, 0.1) is 5.92 Å². The van der Waals surface area contributed by atoms with Gasteiger partial charge in [-0.2, -0.15) is 0 Å². The molecule has 0 bridgehead atoms. The topological polar surface area (TPSA) is 43.8 Å². The monoisotopic (exact) mass is 241 g/mol. The van der Waals surface area contributed by atoms with Gasteiger partial charge in [0.05, 0.1) is 12.2 Å². The molecule has 0 radical (unpaired) electrons. The van der Waals surface area contributed by atoms with Crippen LogP contribution in [0.25, 0.3) is 0 Å². The summed E-state index contributed by atoms with van der Waals surface area (Å²) in [4.78, 5) is 4.49. The molecule has 1 aromatic rings. The number of aromatic nitrogens is 2. The molecule has 3 nitrogen and oxygen atoms in total. The van der Waals surface area contributed by atoms with Crippen molar-refractivity contribution in [2.45, 2.75) is 45.1 Å². The van der Waals surface area contributed by atoms with Crippen molar-refractivity contribution >= 4 is 11.6 Å². The summed E-state index contributed by atoms with van der Waals surface area (Å²) < 4.78 is 1.89. The highest BCUT2D eigenvalue weighted by atomic mass is 35.5. The highest BCUT2D eigenvalue weighted by Crippen LogP contribution is 2.29. The molecular weight excluding hydrogens is 222 g/mol. The molecule has 16 heavy (non-hydrogen) atoms. The lowest BCUT2D eigenvalue weighted by Gasteiger charge is -2.06. The van der Waals surface area contributed by atoms with Gasteiger partial charge in [-0.25, -0.2) is 4.98 Å². The van der Waals surface area contributed by atoms with Crippen LogP contribution in [0.5, 0.6) is 0 Å². The molecule has 2 N–H and O–H groups in total. The molecule has 1 heterocycles. The standard InChI is InChI=1S/C12H20ClN3/c1-16-11(8-14)15-10(12(16)13)7-6-9-4-2-3-5-9/h9H,2-8,14H2,1H3. The van der Waals surface area contributed by atoms with Gasteiger partial charge in [0.1, 0.15) is 11.0 Å². The van der Waals surface area contributed by atoms with Gasteiger partial charge < -0.3 is 10.3 Å². The third-order valence-corrected chi connectivity index (χ3v) is 4.10. The minimum Gasteiger partial charge on any atom is -0.324 e. The maximum atomic E-state index is 6.22. The van der Waals surface area contributed by atoms with E-state index in [1.165, 1.54) is 32.1 Å². The third kappa shape index (κ3) is 2.41. The van der Waals surface area contributed by atoms with Crippen molar-refractivity contribution in [3.8, 4) is 0 Å². The number of aryl methyl sites for hydroxylation is 1. The van der Waals surface area contributed by atoms with Crippen molar-refractivity contribution in [1.29, 1.82) is 0 Å². The second-order valence-electron chi connectivity index (χ2n) is 4.72. The summed E-state index contributed by atoms with van der Waals surface area (Å²) in [7, 11) is 1.93. The van der Waals surface area contributed by atoms with E-state index >= 15 is 0 Å². The molecule has 0 unspecified atom stereocenters. The fourth-order valence-corrected chi connectivity index (χ4v) is 2.80. The van der Waals surface area contributed by atoms with E-state index in [0.717, 1.165) is 29.0 Å². The first-order valence-corrected chi connectivity index (χ1v) is 6.50. The Labute approximate surface area is 102 Å². The van der Waals surface area contributed by atoms with Gasteiger partial charge in [0.15, 0.2) is 0 Å². The largest absolute Gasteiger partial charge is 0.324 e. The van der Waals surface area contributed by atoms with Gasteiger partial charge in [0.25, 0.3) is 0 Å². The number of nitrogens with zero attached hydrogens (tertiary/aromatic N) is 2. The van der Waals surface area contributed by atoms with Crippen LogP contribution in [0.1, 0.15) is 43.6 Å². The minimum absolute atomic E-state index is 0.458. The van der Waals surface area contributed by atoms with Gasteiger partial charge in [-0.15, -0.1) is 0 Å². The van der Waals surface area contributed by atoms with Crippen LogP contribution in [-0.2, 0) is 20.0 Å². The van der Waals surface area contributed by atoms with Crippen molar-refractivity contribution in [1.82, 2.24) is 9.55 Å². The van der Waals surface area contributed by atoms with Crippen LogP contribution in [0.15, 0.2) is 0 Å². The molecule has 1 aliphatic rings. The normalized spacial score (nSPS) is 17.2. The Kier molecular flexibility index (Phi) is 3.87. The van der Waals surface area contributed by atoms with Crippen LogP contribution in [0.2, 0.25) is 5.15 Å². The predicted octanol–water partition coefficient (Wildman–Crippen LogP) is 2.66. The first-order chi connectivity index (χ1) is 7.72. The molecule has 1 fully saturated rings. The third-order valence-electron chi connectivity index (χ3n) is 3.63. The van der Waals surface area contributed by atoms with Crippen LogP contribution >= 0.6 is 11.6 Å². The fourth-order valence-electron chi connectivity index (χ4n) is 2.57. The maximum Gasteiger partial charge on any atom is 0.131 e. The second-order valence-corrected chi connectivity index (χ2v) is 5.08. The molecule has 1 aromatic heterocycles. The molecule has 4 heteroatoms. The van der Waals surface area contributed by atoms with Crippen molar-refractivity contribution in [2.24, 2.45) is 18.7 Å². The first-order valence-electron chi connectivity index (χ1n) is 6.12. The SMILES string of the molecule is Cn1c(CN)nc(CCC2CCCC2)c1Cl. The Morgan fingerprint density at radius 2 is 2.12 bits per heavy atom. The lowest BCUT2D eigenvalue weighted by atomic mass is 10.0. The Morgan fingerprint density at radius 3 is 2.69 bits per heavy atom. The van der Waals surface area contributed by atoms with E-state index in [0.29, 0.717) is 6.54 Å². The zero-order chi connectivity index (χ0) is 11.5. The zero-order valence-electron chi connectivity index (χ0n) is 9.88. The smallest absolute Gasteiger partial charge is 0.131 e. The molecule has 90 valence electrons. The van der Waals surface area contributed by atoms with E-state index in [-0.39, 0.29) is 0 Å². The van der Waals surface area contributed by atoms with Crippen molar-refractivity contribution in [3.05, 3.63) is 16.7 Å². The summed E-state index contributed by atoms with van der Waals surface area (Å²) in [5.74, 6) is 1.77. The van der Waals surface area contributed by atoms with Gasteiger partial charge in [-0.1, -0.05) is 37.3 Å². The van der Waals surface area contributed by atoms with Crippen LogP contribution in [0.4, 0.5) is 0 Å². The summed E-state index contributed by atoms with van der Waals surface area (Å²) in [5, 5.41) is 0.762. The second kappa shape index (κ2) is 5.19. The predicted molar refractivity (Wildman–Crippen MR) is 66.4 cm³/mol. The maximum absolute atomic E-state index is 6.22. The van der Waals surface area contributed by atoms with E-state index in [1.54, 1.807) is 0 Å². The van der Waals surface area contributed by atoms with Crippen molar-refractivity contribution in [2.75, 3.05) is 0 Å². The summed E-state index contributed by atoms with van der Waals surface area (Å²) >= 11 is 6.22. The van der Waals surface area contributed by atoms with Gasteiger partial charge in [-0.05, 0) is 18.8 Å². The number of halogens is 1. The van der Waals surface area contributed by atoms with E-state index in [4.69, 9.17) is 17.3 Å². The highest BCUT2D eigenvalue weighted by Gasteiger charge is 2.17. The summed E-state index contributed by atoms with van der Waals surface area (Å²) in [5.41, 5.74) is 6.63. The summed E-state index contributed by atoms with van der Waals surface area (Å²) in [6.07, 6.45) is 7.78. The number of imidazole rings is 1. The Balaban J connectivity index is 1.98. The van der Waals surface area contributed by atoms with Crippen LogP contribution in [0.3, 0.4) is 0 Å². The Bertz CT molecular complexity index is 353. The average Bonchev–Trinajstić information content (AvgIpc) is 2.88. The lowest BCUT2D eigenvalue weighted by molar-refractivity contribution is 0.501. The molecular formula is C12H20ClN3. The van der Waals surface area contributed by atoms with Crippen molar-refractivity contribution in [3.63, 3.8) is 0 Å². The fraction of sp³-hybridized carbons (Fsp3) is 0.750.